The molecule has 3 aromatic rings. The summed E-state index contributed by atoms with van der Waals surface area (Å²) in [5, 5.41) is 0. The lowest BCUT2D eigenvalue weighted by molar-refractivity contribution is -0.0677. The number of benzene rings is 3. The van der Waals surface area contributed by atoms with Gasteiger partial charge in [-0.15, -0.1) is 0 Å². The fourth-order valence-corrected chi connectivity index (χ4v) is 6.85. The van der Waals surface area contributed by atoms with E-state index in [2.05, 4.69) is 19.1 Å². The fraction of sp³-hybridized carbons (Fsp3) is 0.455. The summed E-state index contributed by atoms with van der Waals surface area (Å²) < 4.78 is 54.9. The van der Waals surface area contributed by atoms with Crippen LogP contribution in [0.3, 0.4) is 0 Å². The van der Waals surface area contributed by atoms with E-state index in [0.717, 1.165) is 34.6 Å². The van der Waals surface area contributed by atoms with Crippen LogP contribution in [0.1, 0.15) is 36.5 Å². The van der Waals surface area contributed by atoms with Gasteiger partial charge in [-0.2, -0.15) is 0 Å². The molecule has 8 nitrogen and oxygen atoms in total. The van der Waals surface area contributed by atoms with E-state index in [-0.39, 0.29) is 19.3 Å². The van der Waals surface area contributed by atoms with Crippen LogP contribution in [0.2, 0.25) is 0 Å². The molecular formula is C33H41O8P. The molecule has 42 heavy (non-hydrogen) atoms. The molecule has 0 N–H and O–H groups in total. The highest BCUT2D eigenvalue weighted by Gasteiger charge is 2.42. The van der Waals surface area contributed by atoms with Gasteiger partial charge in [0.1, 0.15) is 23.2 Å². The number of hydrogen-bond acceptors (Lipinski definition) is 8. The van der Waals surface area contributed by atoms with Crippen LogP contribution in [0.15, 0.2) is 78.9 Å². The second kappa shape index (κ2) is 13.7. The molecule has 226 valence electrons. The predicted octanol–water partition coefficient (Wildman–Crippen LogP) is 6.45. The Labute approximate surface area is 248 Å². The quantitative estimate of drug-likeness (QED) is 0.165. The van der Waals surface area contributed by atoms with Crippen LogP contribution < -0.4 is 9.47 Å². The maximum absolute atomic E-state index is 13.3. The Morgan fingerprint density at radius 1 is 0.762 bits per heavy atom. The Morgan fingerprint density at radius 3 is 1.86 bits per heavy atom. The Morgan fingerprint density at radius 2 is 1.31 bits per heavy atom. The average Bonchev–Trinajstić information content (AvgIpc) is 3.65. The Bertz CT molecular complexity index is 1270. The maximum Gasteiger partial charge on any atom is 0.328 e. The first-order chi connectivity index (χ1) is 20.3. The summed E-state index contributed by atoms with van der Waals surface area (Å²) >= 11 is 0. The third kappa shape index (κ3) is 6.91. The summed E-state index contributed by atoms with van der Waals surface area (Å²) in [4.78, 5) is 0. The molecular weight excluding hydrogens is 555 g/mol. The number of rotatable bonds is 13. The number of ether oxygens (including phenoxy) is 5. The van der Waals surface area contributed by atoms with E-state index in [1.165, 1.54) is 6.66 Å². The van der Waals surface area contributed by atoms with E-state index in [1.54, 1.807) is 14.2 Å². The molecule has 0 saturated carbocycles. The summed E-state index contributed by atoms with van der Waals surface area (Å²) in [6.07, 6.45) is 0.617. The van der Waals surface area contributed by atoms with Gasteiger partial charge in [0.2, 0.25) is 0 Å². The highest BCUT2D eigenvalue weighted by atomic mass is 31.2. The van der Waals surface area contributed by atoms with Gasteiger partial charge in [0.25, 0.3) is 0 Å². The van der Waals surface area contributed by atoms with Crippen molar-refractivity contribution in [2.24, 2.45) is 5.92 Å². The summed E-state index contributed by atoms with van der Waals surface area (Å²) in [6.45, 7) is 5.25. The Kier molecular flexibility index (Phi) is 10.0. The highest BCUT2D eigenvalue weighted by molar-refractivity contribution is 7.53. The van der Waals surface area contributed by atoms with Gasteiger partial charge in [-0.1, -0.05) is 61.5 Å². The van der Waals surface area contributed by atoms with Crippen molar-refractivity contribution in [1.29, 1.82) is 0 Å². The summed E-state index contributed by atoms with van der Waals surface area (Å²) in [5.41, 5.74) is 1.81. The lowest BCUT2D eigenvalue weighted by atomic mass is 9.80. The molecule has 0 aliphatic carbocycles. The van der Waals surface area contributed by atoms with Gasteiger partial charge in [0, 0.05) is 26.3 Å². The Hall–Kier alpha value is -2.71. The molecule has 2 saturated heterocycles. The SMILES string of the molecule is COc1ccc(C(OC[C@H]2OCC[C@@H]2O[P@@](C)(=O)OC[C@H]2OCC[C@@H]2C)(c2ccccc2)c2ccc(OC)cc2)cc1. The Balaban J connectivity index is 1.42. The zero-order chi connectivity index (χ0) is 29.6. The predicted molar refractivity (Wildman–Crippen MR) is 160 cm³/mol. The van der Waals surface area contributed by atoms with Crippen LogP contribution in [-0.4, -0.2) is 65.6 Å². The van der Waals surface area contributed by atoms with Crippen LogP contribution in [-0.2, 0) is 33.4 Å². The van der Waals surface area contributed by atoms with E-state index < -0.39 is 25.4 Å². The van der Waals surface area contributed by atoms with Gasteiger partial charge in [-0.05, 0) is 53.3 Å². The highest BCUT2D eigenvalue weighted by Crippen LogP contribution is 2.48. The minimum absolute atomic E-state index is 0.0682. The molecule has 5 rings (SSSR count). The monoisotopic (exact) mass is 596 g/mol. The van der Waals surface area contributed by atoms with E-state index in [1.807, 2.05) is 66.7 Å². The van der Waals surface area contributed by atoms with Crippen molar-refractivity contribution in [3.8, 4) is 11.5 Å². The first-order valence-corrected chi connectivity index (χ1v) is 16.5. The third-order valence-corrected chi connectivity index (χ3v) is 9.40. The molecule has 5 atom stereocenters. The molecule has 9 heteroatoms. The van der Waals surface area contributed by atoms with Crippen LogP contribution in [0, 0.1) is 5.92 Å². The molecule has 0 bridgehead atoms. The molecule has 0 spiro atoms. The van der Waals surface area contributed by atoms with Crippen molar-refractivity contribution >= 4 is 7.60 Å². The molecule has 2 aliphatic rings. The smallest absolute Gasteiger partial charge is 0.328 e. The van der Waals surface area contributed by atoms with E-state index in [9.17, 15) is 4.57 Å². The van der Waals surface area contributed by atoms with Gasteiger partial charge in [-0.25, -0.2) is 0 Å². The summed E-state index contributed by atoms with van der Waals surface area (Å²) in [7, 11) is -0.0635. The van der Waals surface area contributed by atoms with Crippen LogP contribution in [0.5, 0.6) is 11.5 Å². The second-order valence-corrected chi connectivity index (χ2v) is 12.9. The van der Waals surface area contributed by atoms with E-state index in [4.69, 9.17) is 32.7 Å². The van der Waals surface area contributed by atoms with Gasteiger partial charge in [0.15, 0.2) is 0 Å². The molecule has 2 fully saturated rings. The van der Waals surface area contributed by atoms with Crippen molar-refractivity contribution in [3.63, 3.8) is 0 Å². The maximum atomic E-state index is 13.3. The first-order valence-electron chi connectivity index (χ1n) is 14.5. The van der Waals surface area contributed by atoms with Gasteiger partial charge in [-0.3, -0.25) is 4.57 Å². The van der Waals surface area contributed by atoms with Crippen molar-refractivity contribution in [1.82, 2.24) is 0 Å². The van der Waals surface area contributed by atoms with E-state index in [0.29, 0.717) is 25.6 Å². The molecule has 3 aromatic carbocycles. The second-order valence-electron chi connectivity index (χ2n) is 10.9. The fourth-order valence-electron chi connectivity index (χ4n) is 5.64. The first kappa shape index (κ1) is 30.7. The molecule has 0 amide bonds. The largest absolute Gasteiger partial charge is 0.497 e. The normalized spacial score (nSPS) is 23.9. The number of hydrogen-bond donors (Lipinski definition) is 0. The van der Waals surface area contributed by atoms with E-state index >= 15 is 0 Å². The lowest BCUT2D eigenvalue weighted by Crippen LogP contribution is -2.38. The van der Waals surface area contributed by atoms with Crippen LogP contribution in [0.4, 0.5) is 0 Å². The van der Waals surface area contributed by atoms with Crippen molar-refractivity contribution < 1.29 is 37.3 Å². The van der Waals surface area contributed by atoms with Crippen molar-refractivity contribution in [3.05, 3.63) is 95.6 Å². The molecule has 0 aromatic heterocycles. The van der Waals surface area contributed by atoms with Crippen molar-refractivity contribution in [2.75, 3.05) is 47.3 Å². The summed E-state index contributed by atoms with van der Waals surface area (Å²) in [6, 6.07) is 25.9. The molecule has 0 unspecified atom stereocenters. The molecule has 0 radical (unpaired) electrons. The zero-order valence-electron chi connectivity index (χ0n) is 24.8. The minimum Gasteiger partial charge on any atom is -0.497 e. The van der Waals surface area contributed by atoms with Gasteiger partial charge < -0.3 is 32.7 Å². The standard InChI is InChI=1S/C33H41O8P/c1-24-18-20-37-31(24)23-40-42(4,34)41-30-19-21-38-32(30)22-39-33(25-8-6-5-7-9-25,26-10-14-28(35-2)15-11-26)27-12-16-29(36-3)17-13-27/h5-17,24,30-32H,18-23H2,1-4H3/t24-,30-,31+,32+,42-/m0/s1. The third-order valence-electron chi connectivity index (χ3n) is 8.13. The topological polar surface area (TPSA) is 81.7 Å². The van der Waals surface area contributed by atoms with Crippen molar-refractivity contribution in [2.45, 2.75) is 43.7 Å². The molecule has 2 aliphatic heterocycles. The van der Waals surface area contributed by atoms with Crippen LogP contribution >= 0.6 is 7.60 Å². The van der Waals surface area contributed by atoms with Gasteiger partial charge in [0.05, 0.1) is 39.6 Å². The average molecular weight is 597 g/mol. The van der Waals surface area contributed by atoms with Crippen LogP contribution in [0.25, 0.3) is 0 Å². The zero-order valence-corrected chi connectivity index (χ0v) is 25.7. The summed E-state index contributed by atoms with van der Waals surface area (Å²) in [5.74, 6) is 1.86. The number of methoxy groups -OCH3 is 2. The minimum atomic E-state index is -3.36. The lowest BCUT2D eigenvalue weighted by Gasteiger charge is -2.37. The van der Waals surface area contributed by atoms with Gasteiger partial charge >= 0.3 is 7.60 Å². The molecule has 2 heterocycles.